The molecule has 0 unspecified atom stereocenters. The van der Waals surface area contributed by atoms with Crippen molar-refractivity contribution in [3.8, 4) is 67.5 Å². The van der Waals surface area contributed by atoms with Crippen molar-refractivity contribution in [2.24, 2.45) is 0 Å². The second-order valence-electron chi connectivity index (χ2n) is 13.8. The summed E-state index contributed by atoms with van der Waals surface area (Å²) in [7, 11) is 0. The molecule has 0 aliphatic carbocycles. The molecule has 0 bridgehead atoms. The van der Waals surface area contributed by atoms with Crippen molar-refractivity contribution in [3.63, 3.8) is 0 Å². The summed E-state index contributed by atoms with van der Waals surface area (Å²) in [4.78, 5) is 19.7. The number of hydrogen-bond acceptors (Lipinski definition) is 6. The van der Waals surface area contributed by atoms with Gasteiger partial charge in [0.15, 0.2) is 11.6 Å². The molecule has 262 valence electrons. The minimum absolute atomic E-state index is 0.626. The van der Waals surface area contributed by atoms with Gasteiger partial charge in [-0.05, 0) is 29.8 Å². The molecule has 0 radical (unpaired) electrons. The summed E-state index contributed by atoms with van der Waals surface area (Å²) in [6, 6.07) is 57.6. The average Bonchev–Trinajstić information content (AvgIpc) is 3.86. The Hall–Kier alpha value is -7.70. The van der Waals surface area contributed by atoms with Crippen LogP contribution < -0.4 is 0 Å². The van der Waals surface area contributed by atoms with Crippen LogP contribution in [0.25, 0.3) is 111 Å². The Morgan fingerprint density at radius 2 is 0.893 bits per heavy atom. The number of rotatable bonds is 6. The van der Waals surface area contributed by atoms with Crippen LogP contribution in [-0.4, -0.2) is 19.9 Å². The molecule has 6 nitrogen and oxygen atoms in total. The highest BCUT2D eigenvalue weighted by Crippen LogP contribution is 2.45. The fourth-order valence-corrected chi connectivity index (χ4v) is 7.71. The van der Waals surface area contributed by atoms with Gasteiger partial charge >= 0.3 is 0 Å². The first-order valence-corrected chi connectivity index (χ1v) is 18.5. The van der Waals surface area contributed by atoms with Crippen molar-refractivity contribution in [2.45, 2.75) is 0 Å². The van der Waals surface area contributed by atoms with Crippen LogP contribution in [0.1, 0.15) is 0 Å². The number of nitrogens with zero attached hydrogens (tertiary/aromatic N) is 4. The number of para-hydroxylation sites is 3. The van der Waals surface area contributed by atoms with Crippen LogP contribution in [0.2, 0.25) is 0 Å². The van der Waals surface area contributed by atoms with Gasteiger partial charge in [-0.25, -0.2) is 19.9 Å². The Kier molecular flexibility index (Phi) is 7.38. The lowest BCUT2D eigenvalue weighted by Gasteiger charge is -2.12. The summed E-state index contributed by atoms with van der Waals surface area (Å²) < 4.78 is 13.2. The largest absolute Gasteiger partial charge is 0.455 e. The topological polar surface area (TPSA) is 77.8 Å². The van der Waals surface area contributed by atoms with Crippen molar-refractivity contribution in [1.29, 1.82) is 0 Å². The number of furan rings is 2. The van der Waals surface area contributed by atoms with Crippen molar-refractivity contribution in [2.75, 3.05) is 0 Å². The maximum atomic E-state index is 6.75. The third-order valence-electron chi connectivity index (χ3n) is 10.5. The van der Waals surface area contributed by atoms with E-state index in [9.17, 15) is 0 Å². The van der Waals surface area contributed by atoms with E-state index in [0.717, 1.165) is 99.8 Å². The van der Waals surface area contributed by atoms with E-state index in [1.807, 2.05) is 91.3 Å². The molecule has 0 amide bonds. The molecule has 0 fully saturated rings. The predicted octanol–water partition coefficient (Wildman–Crippen LogP) is 13.1. The van der Waals surface area contributed by atoms with Gasteiger partial charge in [0, 0.05) is 72.9 Å². The molecule has 4 heterocycles. The van der Waals surface area contributed by atoms with E-state index in [0.29, 0.717) is 11.6 Å². The summed E-state index contributed by atoms with van der Waals surface area (Å²) in [5.74, 6) is 1.32. The maximum Gasteiger partial charge on any atom is 0.160 e. The van der Waals surface area contributed by atoms with E-state index in [-0.39, 0.29) is 0 Å². The highest BCUT2D eigenvalue weighted by molar-refractivity contribution is 6.18. The third-order valence-corrected chi connectivity index (χ3v) is 10.5. The highest BCUT2D eigenvalue weighted by atomic mass is 16.3. The molecule has 11 rings (SSSR count). The molecule has 0 aliphatic heterocycles. The van der Waals surface area contributed by atoms with Crippen molar-refractivity contribution >= 4 is 43.9 Å². The Bertz CT molecular complexity index is 3220. The highest BCUT2D eigenvalue weighted by Gasteiger charge is 2.22. The van der Waals surface area contributed by atoms with Crippen molar-refractivity contribution < 1.29 is 8.83 Å². The molecule has 11 aromatic rings. The van der Waals surface area contributed by atoms with Crippen LogP contribution in [0.3, 0.4) is 0 Å². The van der Waals surface area contributed by atoms with Gasteiger partial charge in [-0.15, -0.1) is 0 Å². The second kappa shape index (κ2) is 13.0. The average molecular weight is 719 g/mol. The number of aromatic nitrogens is 4. The Morgan fingerprint density at radius 3 is 1.66 bits per heavy atom. The summed E-state index contributed by atoms with van der Waals surface area (Å²) in [5, 5.41) is 4.17. The zero-order chi connectivity index (χ0) is 37.0. The van der Waals surface area contributed by atoms with Crippen LogP contribution in [0, 0.1) is 0 Å². The molecule has 6 heteroatoms. The van der Waals surface area contributed by atoms with Gasteiger partial charge in [0.25, 0.3) is 0 Å². The second-order valence-corrected chi connectivity index (χ2v) is 13.8. The zero-order valence-electron chi connectivity index (χ0n) is 29.9. The fraction of sp³-hybridized carbons (Fsp3) is 0. The van der Waals surface area contributed by atoms with Crippen molar-refractivity contribution in [1.82, 2.24) is 19.9 Å². The van der Waals surface area contributed by atoms with Gasteiger partial charge in [-0.2, -0.15) is 0 Å². The smallest absolute Gasteiger partial charge is 0.160 e. The molecule has 56 heavy (non-hydrogen) atoms. The fourth-order valence-electron chi connectivity index (χ4n) is 7.71. The normalized spacial score (nSPS) is 11.6. The SMILES string of the molecule is c1ccc(-c2cc(-c3ccc(-c4cccc5c4oc4ccccc45)c4oc5ccccc5c34)nc(-c3ccc(-c4cnc(-c5ccccc5)nc4)cc3)n2)cc1. The number of hydrogen-bond donors (Lipinski definition) is 0. The maximum absolute atomic E-state index is 6.75. The number of benzene rings is 7. The first-order chi connectivity index (χ1) is 27.7. The monoisotopic (exact) mass is 718 g/mol. The van der Waals surface area contributed by atoms with Crippen LogP contribution in [0.5, 0.6) is 0 Å². The van der Waals surface area contributed by atoms with Gasteiger partial charge in [-0.3, -0.25) is 0 Å². The van der Waals surface area contributed by atoms with Gasteiger partial charge < -0.3 is 8.83 Å². The molecule has 0 aliphatic rings. The minimum Gasteiger partial charge on any atom is -0.455 e. The molecule has 0 saturated heterocycles. The van der Waals surface area contributed by atoms with E-state index in [4.69, 9.17) is 18.8 Å². The molecule has 0 atom stereocenters. The Labute approximate surface area is 321 Å². The first-order valence-electron chi connectivity index (χ1n) is 18.5. The molecule has 0 saturated carbocycles. The lowest BCUT2D eigenvalue weighted by atomic mass is 9.95. The molecular weight excluding hydrogens is 689 g/mol. The Morgan fingerprint density at radius 1 is 0.339 bits per heavy atom. The zero-order valence-corrected chi connectivity index (χ0v) is 29.9. The van der Waals surface area contributed by atoms with Crippen molar-refractivity contribution in [3.05, 3.63) is 182 Å². The van der Waals surface area contributed by atoms with Crippen LogP contribution in [0.15, 0.2) is 191 Å². The molecule has 4 aromatic heterocycles. The summed E-state index contributed by atoms with van der Waals surface area (Å²) in [5.41, 5.74) is 12.6. The van der Waals surface area contributed by atoms with E-state index >= 15 is 0 Å². The quantitative estimate of drug-likeness (QED) is 0.170. The standard InChI is InChI=1S/C50H30N4O2/c1-3-12-32(13-4-1)42-28-43(54-50(53-42)34-24-22-31(23-25-34)35-29-51-49(52-30-35)33-14-5-2-6-15-33)40-27-26-39(48-46(40)41-17-8-10-21-45(41)56-48)38-19-11-18-37-36-16-7-9-20-44(36)55-47(37)38/h1-30H. The van der Waals surface area contributed by atoms with Gasteiger partial charge in [0.2, 0.25) is 0 Å². The summed E-state index contributed by atoms with van der Waals surface area (Å²) in [6.45, 7) is 0. The van der Waals surface area contributed by atoms with Crippen LogP contribution in [-0.2, 0) is 0 Å². The van der Waals surface area contributed by atoms with Gasteiger partial charge in [0.05, 0.1) is 11.4 Å². The molecular formula is C50H30N4O2. The lowest BCUT2D eigenvalue weighted by Crippen LogP contribution is -1.96. The predicted molar refractivity (Wildman–Crippen MR) is 225 cm³/mol. The first kappa shape index (κ1) is 31.8. The minimum atomic E-state index is 0.626. The Balaban J connectivity index is 1.06. The van der Waals surface area contributed by atoms with E-state index in [2.05, 4.69) is 101 Å². The molecule has 0 spiro atoms. The van der Waals surface area contributed by atoms with Gasteiger partial charge in [0.1, 0.15) is 22.3 Å². The molecule has 0 N–H and O–H groups in total. The number of fused-ring (bicyclic) bond motifs is 6. The van der Waals surface area contributed by atoms with Gasteiger partial charge in [-0.1, -0.05) is 146 Å². The van der Waals surface area contributed by atoms with E-state index < -0.39 is 0 Å². The lowest BCUT2D eigenvalue weighted by molar-refractivity contribution is 0.665. The van der Waals surface area contributed by atoms with E-state index in [1.165, 1.54) is 0 Å². The van der Waals surface area contributed by atoms with Crippen LogP contribution >= 0.6 is 0 Å². The third kappa shape index (κ3) is 5.35. The summed E-state index contributed by atoms with van der Waals surface area (Å²) >= 11 is 0. The van der Waals surface area contributed by atoms with Crippen LogP contribution in [0.4, 0.5) is 0 Å². The summed E-state index contributed by atoms with van der Waals surface area (Å²) in [6.07, 6.45) is 3.74. The van der Waals surface area contributed by atoms with E-state index in [1.54, 1.807) is 0 Å². The molecule has 7 aromatic carbocycles.